The molecule has 2 atom stereocenters. The Morgan fingerprint density at radius 3 is 3.06 bits per heavy atom. The molecule has 2 rings (SSSR count). The van der Waals surface area contributed by atoms with Crippen LogP contribution in [0, 0.1) is 5.92 Å². The Morgan fingerprint density at radius 2 is 2.33 bits per heavy atom. The zero-order valence-corrected chi connectivity index (χ0v) is 12.9. The monoisotopic (exact) mass is 331 g/mol. The van der Waals surface area contributed by atoms with Crippen LogP contribution in [0.15, 0.2) is 22.7 Å². The molecule has 1 aliphatic heterocycles. The van der Waals surface area contributed by atoms with E-state index >= 15 is 0 Å². The Labute approximate surface area is 122 Å². The third kappa shape index (κ3) is 3.47. The lowest BCUT2D eigenvalue weighted by molar-refractivity contribution is 0.0900. The highest BCUT2D eigenvalue weighted by molar-refractivity contribution is 9.10. The molecule has 18 heavy (non-hydrogen) atoms. The maximum absolute atomic E-state index is 5.98. The molecule has 0 spiro atoms. The Morgan fingerprint density at radius 1 is 1.50 bits per heavy atom. The summed E-state index contributed by atoms with van der Waals surface area (Å²) in [6, 6.07) is 5.93. The first kappa shape index (κ1) is 14.3. The number of rotatable bonds is 5. The molecule has 1 heterocycles. The molecule has 0 amide bonds. The van der Waals surface area contributed by atoms with E-state index in [1.165, 1.54) is 12.0 Å². The molecule has 0 saturated carbocycles. The lowest BCUT2D eigenvalue weighted by Crippen LogP contribution is -2.25. The van der Waals surface area contributed by atoms with Gasteiger partial charge in [-0.25, -0.2) is 0 Å². The van der Waals surface area contributed by atoms with Gasteiger partial charge in [-0.2, -0.15) is 0 Å². The molecule has 0 bridgehead atoms. The number of hydrogen-bond donors (Lipinski definition) is 1. The minimum atomic E-state index is 0.181. The van der Waals surface area contributed by atoms with Crippen LogP contribution >= 0.6 is 27.5 Å². The SMILES string of the molecule is CCCNCC1CCOC1c1ccc(Cl)cc1Br. The average molecular weight is 333 g/mol. The van der Waals surface area contributed by atoms with Crippen molar-refractivity contribution in [1.82, 2.24) is 5.32 Å². The van der Waals surface area contributed by atoms with E-state index in [4.69, 9.17) is 16.3 Å². The summed E-state index contributed by atoms with van der Waals surface area (Å²) >= 11 is 9.56. The zero-order valence-electron chi connectivity index (χ0n) is 10.6. The van der Waals surface area contributed by atoms with Gasteiger partial charge in [0.05, 0.1) is 6.10 Å². The summed E-state index contributed by atoms with van der Waals surface area (Å²) < 4.78 is 6.93. The molecule has 0 aliphatic carbocycles. The zero-order chi connectivity index (χ0) is 13.0. The maximum Gasteiger partial charge on any atom is 0.0876 e. The lowest BCUT2D eigenvalue weighted by Gasteiger charge is -2.20. The van der Waals surface area contributed by atoms with Gasteiger partial charge in [-0.3, -0.25) is 0 Å². The predicted molar refractivity (Wildman–Crippen MR) is 79.1 cm³/mol. The molecule has 1 N–H and O–H groups in total. The van der Waals surface area contributed by atoms with Crippen molar-refractivity contribution in [1.29, 1.82) is 0 Å². The van der Waals surface area contributed by atoms with Crippen molar-refractivity contribution in [2.24, 2.45) is 5.92 Å². The number of hydrogen-bond acceptors (Lipinski definition) is 2. The maximum atomic E-state index is 5.98. The summed E-state index contributed by atoms with van der Waals surface area (Å²) in [6.45, 7) is 5.13. The molecule has 2 nitrogen and oxygen atoms in total. The van der Waals surface area contributed by atoms with Crippen molar-refractivity contribution >= 4 is 27.5 Å². The standard InChI is InChI=1S/C14H19BrClNO/c1-2-6-17-9-10-5-7-18-14(10)12-4-3-11(16)8-13(12)15/h3-4,8,10,14,17H,2,5-7,9H2,1H3. The van der Waals surface area contributed by atoms with Crippen molar-refractivity contribution < 1.29 is 4.74 Å². The van der Waals surface area contributed by atoms with E-state index in [2.05, 4.69) is 34.2 Å². The van der Waals surface area contributed by atoms with Gasteiger partial charge in [0.15, 0.2) is 0 Å². The van der Waals surface area contributed by atoms with Gasteiger partial charge in [-0.05, 0) is 37.1 Å². The second-order valence-corrected chi connectivity index (χ2v) is 6.00. The van der Waals surface area contributed by atoms with E-state index in [1.54, 1.807) is 0 Å². The van der Waals surface area contributed by atoms with Crippen molar-refractivity contribution in [3.63, 3.8) is 0 Å². The molecule has 1 aromatic carbocycles. The fourth-order valence-electron chi connectivity index (χ4n) is 2.38. The molecular formula is C14H19BrClNO. The Hall–Kier alpha value is -0.0900. The predicted octanol–water partition coefficient (Wildman–Crippen LogP) is 4.18. The van der Waals surface area contributed by atoms with E-state index in [0.717, 1.165) is 35.6 Å². The molecule has 1 saturated heterocycles. The van der Waals surface area contributed by atoms with Crippen LogP contribution in [-0.4, -0.2) is 19.7 Å². The molecule has 2 unspecified atom stereocenters. The average Bonchev–Trinajstić information content (AvgIpc) is 2.78. The van der Waals surface area contributed by atoms with Gasteiger partial charge in [0.25, 0.3) is 0 Å². The summed E-state index contributed by atoms with van der Waals surface area (Å²) in [5, 5.41) is 4.24. The van der Waals surface area contributed by atoms with Gasteiger partial charge in [0, 0.05) is 28.6 Å². The number of benzene rings is 1. The van der Waals surface area contributed by atoms with Crippen LogP contribution < -0.4 is 5.32 Å². The van der Waals surface area contributed by atoms with Gasteiger partial charge in [-0.15, -0.1) is 0 Å². The van der Waals surface area contributed by atoms with E-state index < -0.39 is 0 Å². The van der Waals surface area contributed by atoms with Crippen LogP contribution in [0.25, 0.3) is 0 Å². The van der Waals surface area contributed by atoms with Gasteiger partial charge < -0.3 is 10.1 Å². The van der Waals surface area contributed by atoms with E-state index in [9.17, 15) is 0 Å². The molecule has 1 aliphatic rings. The van der Waals surface area contributed by atoms with Crippen LogP contribution in [-0.2, 0) is 4.74 Å². The third-order valence-corrected chi connectivity index (χ3v) is 4.24. The topological polar surface area (TPSA) is 21.3 Å². The van der Waals surface area contributed by atoms with Gasteiger partial charge in [-0.1, -0.05) is 40.5 Å². The van der Waals surface area contributed by atoms with E-state index in [1.807, 2.05) is 12.1 Å². The van der Waals surface area contributed by atoms with Crippen molar-refractivity contribution in [3.05, 3.63) is 33.3 Å². The van der Waals surface area contributed by atoms with Crippen molar-refractivity contribution in [2.45, 2.75) is 25.9 Å². The first-order valence-electron chi connectivity index (χ1n) is 6.49. The normalized spacial score (nSPS) is 23.5. The second-order valence-electron chi connectivity index (χ2n) is 4.71. The molecule has 4 heteroatoms. The fourth-order valence-corrected chi connectivity index (χ4v) is 3.29. The molecule has 1 fully saturated rings. The van der Waals surface area contributed by atoms with Crippen LogP contribution in [0.4, 0.5) is 0 Å². The first-order valence-corrected chi connectivity index (χ1v) is 7.66. The quantitative estimate of drug-likeness (QED) is 0.817. The van der Waals surface area contributed by atoms with Crippen LogP contribution in [0.3, 0.4) is 0 Å². The Bertz CT molecular complexity index is 399. The van der Waals surface area contributed by atoms with E-state index in [0.29, 0.717) is 5.92 Å². The lowest BCUT2D eigenvalue weighted by atomic mass is 9.95. The molecule has 100 valence electrons. The summed E-state index contributed by atoms with van der Waals surface area (Å²) in [5.41, 5.74) is 1.21. The van der Waals surface area contributed by atoms with Gasteiger partial charge in [0.1, 0.15) is 0 Å². The van der Waals surface area contributed by atoms with Crippen molar-refractivity contribution in [2.75, 3.05) is 19.7 Å². The molecule has 0 radical (unpaired) electrons. The third-order valence-electron chi connectivity index (χ3n) is 3.32. The van der Waals surface area contributed by atoms with Crippen molar-refractivity contribution in [3.8, 4) is 0 Å². The smallest absolute Gasteiger partial charge is 0.0876 e. The Kier molecular flexibility index (Phi) is 5.49. The van der Waals surface area contributed by atoms with Gasteiger partial charge >= 0.3 is 0 Å². The summed E-state index contributed by atoms with van der Waals surface area (Å²) in [6.07, 6.45) is 2.47. The highest BCUT2D eigenvalue weighted by atomic mass is 79.9. The second kappa shape index (κ2) is 6.90. The first-order chi connectivity index (χ1) is 8.72. The number of ether oxygens (including phenoxy) is 1. The summed E-state index contributed by atoms with van der Waals surface area (Å²) in [7, 11) is 0. The molecule has 0 aromatic heterocycles. The number of nitrogens with one attached hydrogen (secondary N) is 1. The minimum Gasteiger partial charge on any atom is -0.373 e. The summed E-state index contributed by atoms with van der Waals surface area (Å²) in [4.78, 5) is 0. The van der Waals surface area contributed by atoms with E-state index in [-0.39, 0.29) is 6.10 Å². The summed E-state index contributed by atoms with van der Waals surface area (Å²) in [5.74, 6) is 0.550. The van der Waals surface area contributed by atoms with Crippen LogP contribution in [0.5, 0.6) is 0 Å². The highest BCUT2D eigenvalue weighted by Crippen LogP contribution is 2.38. The fraction of sp³-hybridized carbons (Fsp3) is 0.571. The minimum absolute atomic E-state index is 0.181. The molecular weight excluding hydrogens is 314 g/mol. The molecule has 1 aromatic rings. The largest absolute Gasteiger partial charge is 0.373 e. The van der Waals surface area contributed by atoms with Gasteiger partial charge in [0.2, 0.25) is 0 Å². The van der Waals surface area contributed by atoms with Crippen LogP contribution in [0.1, 0.15) is 31.4 Å². The Balaban J connectivity index is 2.06. The van der Waals surface area contributed by atoms with Crippen LogP contribution in [0.2, 0.25) is 5.02 Å². The highest BCUT2D eigenvalue weighted by Gasteiger charge is 2.30. The number of halogens is 2.